The molecule has 3 N–H and O–H groups in total. The van der Waals surface area contributed by atoms with Crippen LogP contribution < -0.4 is 0 Å². The first-order valence-electron chi connectivity index (χ1n) is 12.2. The molecule has 6 atom stereocenters. The highest BCUT2D eigenvalue weighted by Gasteiger charge is 2.64. The average Bonchev–Trinajstić information content (AvgIpc) is 3.08. The molecule has 0 radical (unpaired) electrons. The Hall–Kier alpha value is -3.18. The lowest BCUT2D eigenvalue weighted by molar-refractivity contribution is -0.161. The number of Topliss-reactive ketones (excluding diaryl/α,β-unsaturated/α-hetero) is 1. The van der Waals surface area contributed by atoms with Crippen molar-refractivity contribution >= 4 is 23.7 Å². The van der Waals surface area contributed by atoms with E-state index in [9.17, 15) is 34.5 Å². The van der Waals surface area contributed by atoms with E-state index in [1.165, 1.54) is 32.2 Å². The molecule has 1 saturated carbocycles. The van der Waals surface area contributed by atoms with Gasteiger partial charge in [-0.15, -0.1) is 0 Å². The van der Waals surface area contributed by atoms with Crippen LogP contribution in [-0.4, -0.2) is 89.5 Å². The Morgan fingerprint density at radius 2 is 1.92 bits per heavy atom. The third-order valence-electron chi connectivity index (χ3n) is 8.39. The Bertz CT molecular complexity index is 1150. The van der Waals surface area contributed by atoms with Gasteiger partial charge in [0.15, 0.2) is 5.76 Å². The second-order valence-electron chi connectivity index (χ2n) is 10.7. The molecule has 37 heavy (non-hydrogen) atoms. The standard InChI is InChI=1S/C26H33NO10/c1-12(28)36-15-8-25(2)14(6-7-16(25)29)19-21(15)26(3)17(11-35-5)37-24(34)13(9-27(4)10-18(30)31)20(26)23(33)22(19)32/h9,14-17,29,33H,6-8,10-11H2,1-5H3,(H,30,31). The highest BCUT2D eigenvalue weighted by molar-refractivity contribution is 6.13. The molecule has 3 aliphatic carbocycles. The summed E-state index contributed by atoms with van der Waals surface area (Å²) in [4.78, 5) is 51.7. The first-order valence-corrected chi connectivity index (χ1v) is 12.2. The number of aliphatic hydroxyl groups excluding tert-OH is 2. The van der Waals surface area contributed by atoms with Crippen LogP contribution in [-0.2, 0) is 33.4 Å². The normalized spacial score (nSPS) is 36.1. The average molecular weight is 520 g/mol. The van der Waals surface area contributed by atoms with E-state index in [-0.39, 0.29) is 29.7 Å². The number of carbonyl (C=O) groups excluding carboxylic acids is 3. The van der Waals surface area contributed by atoms with Crippen molar-refractivity contribution in [3.8, 4) is 0 Å². The number of carbonyl (C=O) groups is 4. The molecule has 1 aliphatic heterocycles. The number of ketones is 1. The van der Waals surface area contributed by atoms with Gasteiger partial charge in [-0.3, -0.25) is 14.4 Å². The number of aliphatic hydroxyl groups is 2. The molecule has 202 valence electrons. The molecule has 0 aromatic carbocycles. The van der Waals surface area contributed by atoms with Crippen molar-refractivity contribution in [2.24, 2.45) is 16.7 Å². The van der Waals surface area contributed by atoms with E-state index < -0.39 is 71.1 Å². The smallest absolute Gasteiger partial charge is 0.340 e. The van der Waals surface area contributed by atoms with Crippen LogP contribution in [0.1, 0.15) is 40.0 Å². The topological polar surface area (TPSA) is 160 Å². The first kappa shape index (κ1) is 26.9. The van der Waals surface area contributed by atoms with E-state index in [2.05, 4.69) is 0 Å². The fourth-order valence-electron chi connectivity index (χ4n) is 6.75. The predicted molar refractivity (Wildman–Crippen MR) is 127 cm³/mol. The molecule has 4 rings (SSSR count). The van der Waals surface area contributed by atoms with Gasteiger partial charge in [-0.05, 0) is 37.7 Å². The number of allylic oxidation sites excluding steroid dienone is 1. The van der Waals surface area contributed by atoms with Crippen molar-refractivity contribution in [3.63, 3.8) is 0 Å². The first-order chi connectivity index (χ1) is 17.3. The predicted octanol–water partition coefficient (Wildman–Crippen LogP) is 1.27. The number of likely N-dealkylation sites (N-methyl/N-ethyl adjacent to an activating group) is 1. The van der Waals surface area contributed by atoms with Crippen LogP contribution in [0.3, 0.4) is 0 Å². The zero-order chi connectivity index (χ0) is 27.4. The highest BCUT2D eigenvalue weighted by Crippen LogP contribution is 2.63. The maximum atomic E-state index is 13.9. The highest BCUT2D eigenvalue weighted by atomic mass is 16.6. The minimum atomic E-state index is -1.35. The Balaban J connectivity index is 2.00. The van der Waals surface area contributed by atoms with Crippen molar-refractivity contribution in [1.82, 2.24) is 4.90 Å². The molecule has 2 fully saturated rings. The maximum absolute atomic E-state index is 13.9. The number of hydrogen-bond donors (Lipinski definition) is 3. The monoisotopic (exact) mass is 519 g/mol. The van der Waals surface area contributed by atoms with Crippen LogP contribution in [0, 0.1) is 16.7 Å². The largest absolute Gasteiger partial charge is 0.504 e. The molecule has 0 spiro atoms. The van der Waals surface area contributed by atoms with E-state index >= 15 is 0 Å². The van der Waals surface area contributed by atoms with Gasteiger partial charge in [0, 0.05) is 43.8 Å². The molecule has 11 nitrogen and oxygen atoms in total. The van der Waals surface area contributed by atoms with Crippen molar-refractivity contribution in [2.75, 3.05) is 27.3 Å². The summed E-state index contributed by atoms with van der Waals surface area (Å²) >= 11 is 0. The summed E-state index contributed by atoms with van der Waals surface area (Å²) < 4.78 is 16.9. The molecule has 1 saturated heterocycles. The molecule has 0 bridgehead atoms. The third kappa shape index (κ3) is 4.04. The minimum absolute atomic E-state index is 0.0221. The molecule has 1 heterocycles. The van der Waals surface area contributed by atoms with Crippen molar-refractivity contribution < 1.29 is 48.7 Å². The Morgan fingerprint density at radius 3 is 2.51 bits per heavy atom. The maximum Gasteiger partial charge on any atom is 0.340 e. The van der Waals surface area contributed by atoms with Crippen LogP contribution in [0.4, 0.5) is 0 Å². The summed E-state index contributed by atoms with van der Waals surface area (Å²) in [6.45, 7) is 4.27. The van der Waals surface area contributed by atoms with Crippen LogP contribution in [0.5, 0.6) is 0 Å². The zero-order valence-electron chi connectivity index (χ0n) is 21.6. The Labute approximate surface area is 214 Å². The number of hydrogen-bond acceptors (Lipinski definition) is 10. The number of carboxylic acids is 1. The minimum Gasteiger partial charge on any atom is -0.504 e. The van der Waals surface area contributed by atoms with Gasteiger partial charge in [-0.25, -0.2) is 4.79 Å². The number of rotatable bonds is 6. The number of carboxylic acid groups (broad SMARTS) is 1. The van der Waals surface area contributed by atoms with Gasteiger partial charge < -0.3 is 34.4 Å². The molecule has 0 aromatic heterocycles. The molecular formula is C26H33NO10. The van der Waals surface area contributed by atoms with Gasteiger partial charge in [0.25, 0.3) is 0 Å². The quantitative estimate of drug-likeness (QED) is 0.342. The lowest BCUT2D eigenvalue weighted by Gasteiger charge is -2.54. The number of nitrogens with zero attached hydrogens (tertiary/aromatic N) is 1. The van der Waals surface area contributed by atoms with Crippen LogP contribution in [0.25, 0.3) is 0 Å². The molecule has 6 unspecified atom stereocenters. The lowest BCUT2D eigenvalue weighted by atomic mass is 9.53. The van der Waals surface area contributed by atoms with Crippen LogP contribution in [0.15, 0.2) is 34.3 Å². The molecular weight excluding hydrogens is 486 g/mol. The fraction of sp³-hybridized carbons (Fsp3) is 0.615. The Morgan fingerprint density at radius 1 is 1.24 bits per heavy atom. The third-order valence-corrected chi connectivity index (χ3v) is 8.39. The molecule has 0 amide bonds. The second-order valence-corrected chi connectivity index (χ2v) is 10.7. The number of methoxy groups -OCH3 is 1. The van der Waals surface area contributed by atoms with Crippen molar-refractivity contribution in [2.45, 2.75) is 58.3 Å². The number of esters is 2. The van der Waals surface area contributed by atoms with Crippen molar-refractivity contribution in [1.29, 1.82) is 0 Å². The number of fused-ring (bicyclic) bond motifs is 4. The van der Waals surface area contributed by atoms with Gasteiger partial charge in [0.05, 0.1) is 23.7 Å². The van der Waals surface area contributed by atoms with Gasteiger partial charge in [0.2, 0.25) is 5.78 Å². The van der Waals surface area contributed by atoms with Crippen LogP contribution >= 0.6 is 0 Å². The number of aliphatic carboxylic acids is 1. The summed E-state index contributed by atoms with van der Waals surface area (Å²) in [6.07, 6.45) is -0.268. The second kappa shape index (κ2) is 9.29. The van der Waals surface area contributed by atoms with Gasteiger partial charge in [-0.1, -0.05) is 6.92 Å². The summed E-state index contributed by atoms with van der Waals surface area (Å²) in [5.41, 5.74) is -1.63. The summed E-state index contributed by atoms with van der Waals surface area (Å²) in [7, 11) is 2.86. The molecule has 11 heteroatoms. The fourth-order valence-corrected chi connectivity index (χ4v) is 6.75. The summed E-state index contributed by atoms with van der Waals surface area (Å²) in [6, 6.07) is 0. The molecule has 0 aromatic rings. The van der Waals surface area contributed by atoms with Gasteiger partial charge >= 0.3 is 17.9 Å². The van der Waals surface area contributed by atoms with E-state index in [4.69, 9.17) is 14.2 Å². The lowest BCUT2D eigenvalue weighted by Crippen LogP contribution is -2.57. The number of ether oxygens (including phenoxy) is 3. The Kier molecular flexibility index (Phi) is 6.74. The van der Waals surface area contributed by atoms with E-state index in [1.54, 1.807) is 6.92 Å². The van der Waals surface area contributed by atoms with Crippen molar-refractivity contribution in [3.05, 3.63) is 34.3 Å². The summed E-state index contributed by atoms with van der Waals surface area (Å²) in [5.74, 6) is -4.36. The number of cyclic esters (lactones) is 1. The molecule has 4 aliphatic rings. The van der Waals surface area contributed by atoms with Gasteiger partial charge in [-0.2, -0.15) is 0 Å². The van der Waals surface area contributed by atoms with E-state index in [0.717, 1.165) is 0 Å². The van der Waals surface area contributed by atoms with Gasteiger partial charge in [0.1, 0.15) is 18.8 Å². The van der Waals surface area contributed by atoms with E-state index in [0.29, 0.717) is 18.4 Å². The summed E-state index contributed by atoms with van der Waals surface area (Å²) in [5, 5.41) is 31.4. The zero-order valence-corrected chi connectivity index (χ0v) is 21.6. The van der Waals surface area contributed by atoms with E-state index in [1.807, 2.05) is 6.92 Å². The van der Waals surface area contributed by atoms with Crippen LogP contribution in [0.2, 0.25) is 0 Å². The SMILES string of the molecule is COCC1OC(=O)C(=CN(C)CC(=O)O)C2=C(O)C(=O)C3=C(C(OC(C)=O)CC4(C)C(O)CCC34)C21C.